The lowest BCUT2D eigenvalue weighted by Crippen LogP contribution is -2.04. The topological polar surface area (TPSA) is 86.5 Å². The predicted octanol–water partition coefficient (Wildman–Crippen LogP) is 2.98. The molecule has 0 saturated carbocycles. The van der Waals surface area contributed by atoms with E-state index >= 15 is 0 Å². The second-order valence-corrected chi connectivity index (χ2v) is 4.69. The van der Waals surface area contributed by atoms with Gasteiger partial charge in [0.25, 0.3) is 0 Å². The molecule has 1 N–H and O–H groups in total. The van der Waals surface area contributed by atoms with Crippen LogP contribution in [0.2, 0.25) is 5.15 Å². The minimum atomic E-state index is -0.509. The molecule has 0 radical (unpaired) electrons. The molecule has 7 nitrogen and oxygen atoms in total. The Balaban J connectivity index is 1.78. The van der Waals surface area contributed by atoms with Crippen LogP contribution in [-0.4, -0.2) is 16.7 Å². The number of halogens is 1. The summed E-state index contributed by atoms with van der Waals surface area (Å²) in [7, 11) is 0. The van der Waals surface area contributed by atoms with E-state index in [0.29, 0.717) is 18.0 Å². The van der Waals surface area contributed by atoms with Gasteiger partial charge in [0.15, 0.2) is 11.5 Å². The van der Waals surface area contributed by atoms with Crippen molar-refractivity contribution < 1.29 is 14.4 Å². The van der Waals surface area contributed by atoms with Gasteiger partial charge in [0, 0.05) is 12.6 Å². The number of nitrogens with zero attached hydrogens (tertiary/aromatic N) is 2. The summed E-state index contributed by atoms with van der Waals surface area (Å²) in [4.78, 5) is 14.4. The molecule has 3 rings (SSSR count). The highest BCUT2D eigenvalue weighted by molar-refractivity contribution is 6.29. The van der Waals surface area contributed by atoms with Gasteiger partial charge in [-0.2, -0.15) is 0 Å². The standard InChI is InChI=1S/C13H10ClN3O4/c14-12-4-2-9(17(18)19)13(16-12)15-6-8-1-3-10-11(5-8)21-7-20-10/h1-5H,6-7H2,(H,15,16). The predicted molar refractivity (Wildman–Crippen MR) is 75.8 cm³/mol. The number of pyridine rings is 1. The summed E-state index contributed by atoms with van der Waals surface area (Å²) in [5.41, 5.74) is 0.760. The fourth-order valence-corrected chi connectivity index (χ4v) is 2.09. The molecule has 0 unspecified atom stereocenters. The summed E-state index contributed by atoms with van der Waals surface area (Å²) in [5.74, 6) is 1.47. The smallest absolute Gasteiger partial charge is 0.311 e. The van der Waals surface area contributed by atoms with Crippen molar-refractivity contribution in [2.75, 3.05) is 12.1 Å². The number of fused-ring (bicyclic) bond motifs is 1. The molecule has 21 heavy (non-hydrogen) atoms. The van der Waals surface area contributed by atoms with Gasteiger partial charge < -0.3 is 14.8 Å². The van der Waals surface area contributed by atoms with Gasteiger partial charge in [-0.25, -0.2) is 4.98 Å². The van der Waals surface area contributed by atoms with Crippen molar-refractivity contribution in [3.8, 4) is 11.5 Å². The molecule has 8 heteroatoms. The van der Waals surface area contributed by atoms with Crippen LogP contribution in [0.5, 0.6) is 11.5 Å². The van der Waals surface area contributed by atoms with Gasteiger partial charge in [0.2, 0.25) is 12.6 Å². The van der Waals surface area contributed by atoms with Crippen molar-refractivity contribution in [3.05, 3.63) is 51.2 Å². The van der Waals surface area contributed by atoms with Crippen molar-refractivity contribution in [1.29, 1.82) is 0 Å². The average Bonchev–Trinajstić information content (AvgIpc) is 2.92. The van der Waals surface area contributed by atoms with E-state index < -0.39 is 4.92 Å². The second kappa shape index (κ2) is 5.45. The molecular weight excluding hydrogens is 298 g/mol. The molecule has 0 aliphatic carbocycles. The van der Waals surface area contributed by atoms with Crippen LogP contribution in [-0.2, 0) is 6.54 Å². The van der Waals surface area contributed by atoms with Gasteiger partial charge in [0.05, 0.1) is 4.92 Å². The maximum Gasteiger partial charge on any atom is 0.311 e. The third-order valence-corrected chi connectivity index (χ3v) is 3.14. The molecule has 2 aromatic rings. The first-order valence-electron chi connectivity index (χ1n) is 6.07. The summed E-state index contributed by atoms with van der Waals surface area (Å²) in [6.07, 6.45) is 0. The number of hydrogen-bond acceptors (Lipinski definition) is 6. The molecule has 0 atom stereocenters. The van der Waals surface area contributed by atoms with Crippen LogP contribution in [0.3, 0.4) is 0 Å². The number of benzene rings is 1. The highest BCUT2D eigenvalue weighted by Gasteiger charge is 2.17. The van der Waals surface area contributed by atoms with E-state index in [1.165, 1.54) is 12.1 Å². The molecule has 0 amide bonds. The van der Waals surface area contributed by atoms with Crippen molar-refractivity contribution in [2.24, 2.45) is 0 Å². The zero-order valence-electron chi connectivity index (χ0n) is 10.7. The van der Waals surface area contributed by atoms with Gasteiger partial charge in [-0.15, -0.1) is 0 Å². The lowest BCUT2D eigenvalue weighted by atomic mass is 10.2. The van der Waals surface area contributed by atoms with Gasteiger partial charge in [-0.05, 0) is 23.8 Å². The molecular formula is C13H10ClN3O4. The molecule has 1 aliphatic rings. The van der Waals surface area contributed by atoms with E-state index in [-0.39, 0.29) is 23.5 Å². The molecule has 2 heterocycles. The summed E-state index contributed by atoms with van der Waals surface area (Å²) < 4.78 is 10.5. The Morgan fingerprint density at radius 1 is 1.29 bits per heavy atom. The van der Waals surface area contributed by atoms with E-state index in [9.17, 15) is 10.1 Å². The van der Waals surface area contributed by atoms with E-state index in [0.717, 1.165) is 5.56 Å². The van der Waals surface area contributed by atoms with Gasteiger partial charge >= 0.3 is 5.69 Å². The normalized spacial score (nSPS) is 12.2. The summed E-state index contributed by atoms with van der Waals surface area (Å²) in [6.45, 7) is 0.554. The average molecular weight is 308 g/mol. The molecule has 0 fully saturated rings. The Hall–Kier alpha value is -2.54. The Morgan fingerprint density at radius 3 is 2.90 bits per heavy atom. The zero-order valence-corrected chi connectivity index (χ0v) is 11.5. The first-order chi connectivity index (χ1) is 10.1. The lowest BCUT2D eigenvalue weighted by molar-refractivity contribution is -0.384. The van der Waals surface area contributed by atoms with Crippen molar-refractivity contribution in [1.82, 2.24) is 4.98 Å². The number of nitro groups is 1. The Kier molecular flexibility index (Phi) is 3.49. The van der Waals surface area contributed by atoms with E-state index in [1.54, 1.807) is 6.07 Å². The Labute approximate surface area is 124 Å². The zero-order chi connectivity index (χ0) is 14.8. The number of anilines is 1. The van der Waals surface area contributed by atoms with Crippen LogP contribution >= 0.6 is 11.6 Å². The molecule has 108 valence electrons. The molecule has 1 aromatic heterocycles. The number of rotatable bonds is 4. The van der Waals surface area contributed by atoms with Crippen LogP contribution in [0.1, 0.15) is 5.56 Å². The molecule has 0 spiro atoms. The van der Waals surface area contributed by atoms with Crippen molar-refractivity contribution >= 4 is 23.1 Å². The molecule has 0 saturated heterocycles. The molecule has 0 bridgehead atoms. The summed E-state index contributed by atoms with van der Waals surface area (Å²) in [5, 5.41) is 14.0. The first kappa shape index (κ1) is 13.4. The molecule has 1 aliphatic heterocycles. The first-order valence-corrected chi connectivity index (χ1v) is 6.44. The minimum absolute atomic E-state index is 0.125. The third kappa shape index (κ3) is 2.82. The van der Waals surface area contributed by atoms with Crippen LogP contribution in [0.25, 0.3) is 0 Å². The SMILES string of the molecule is O=[N+]([O-])c1ccc(Cl)nc1NCc1ccc2c(c1)OCO2. The molecule has 1 aromatic carbocycles. The number of nitrogens with one attached hydrogen (secondary N) is 1. The monoisotopic (exact) mass is 307 g/mol. The fraction of sp³-hybridized carbons (Fsp3) is 0.154. The minimum Gasteiger partial charge on any atom is -0.454 e. The fourth-order valence-electron chi connectivity index (χ4n) is 1.94. The highest BCUT2D eigenvalue weighted by Crippen LogP contribution is 2.33. The second-order valence-electron chi connectivity index (χ2n) is 4.30. The van der Waals surface area contributed by atoms with Gasteiger partial charge in [-0.3, -0.25) is 10.1 Å². The van der Waals surface area contributed by atoms with Crippen LogP contribution in [0.15, 0.2) is 30.3 Å². The van der Waals surface area contributed by atoms with E-state index in [4.69, 9.17) is 21.1 Å². The van der Waals surface area contributed by atoms with Crippen LogP contribution in [0, 0.1) is 10.1 Å². The van der Waals surface area contributed by atoms with Crippen LogP contribution in [0.4, 0.5) is 11.5 Å². The highest BCUT2D eigenvalue weighted by atomic mass is 35.5. The number of aromatic nitrogens is 1. The summed E-state index contributed by atoms with van der Waals surface area (Å²) >= 11 is 5.77. The summed E-state index contributed by atoms with van der Waals surface area (Å²) in [6, 6.07) is 8.14. The number of hydrogen-bond donors (Lipinski definition) is 1. The maximum atomic E-state index is 10.9. The number of ether oxygens (including phenoxy) is 2. The van der Waals surface area contributed by atoms with Crippen molar-refractivity contribution in [3.63, 3.8) is 0 Å². The van der Waals surface area contributed by atoms with Crippen molar-refractivity contribution in [2.45, 2.75) is 6.54 Å². The lowest BCUT2D eigenvalue weighted by Gasteiger charge is -2.07. The Bertz CT molecular complexity index is 708. The van der Waals surface area contributed by atoms with Gasteiger partial charge in [0.1, 0.15) is 5.15 Å². The van der Waals surface area contributed by atoms with Crippen LogP contribution < -0.4 is 14.8 Å². The Morgan fingerprint density at radius 2 is 2.10 bits per heavy atom. The quantitative estimate of drug-likeness (QED) is 0.531. The largest absolute Gasteiger partial charge is 0.454 e. The maximum absolute atomic E-state index is 10.9. The van der Waals surface area contributed by atoms with E-state index in [1.807, 2.05) is 12.1 Å². The van der Waals surface area contributed by atoms with E-state index in [2.05, 4.69) is 10.3 Å². The van der Waals surface area contributed by atoms with Gasteiger partial charge in [-0.1, -0.05) is 17.7 Å². The third-order valence-electron chi connectivity index (χ3n) is 2.93.